The van der Waals surface area contributed by atoms with Crippen LogP contribution in [0.25, 0.3) is 0 Å². The number of esters is 1. The summed E-state index contributed by atoms with van der Waals surface area (Å²) in [5.41, 5.74) is -0.562. The van der Waals surface area contributed by atoms with Gasteiger partial charge in [0, 0.05) is 13.0 Å². The van der Waals surface area contributed by atoms with Crippen LogP contribution < -0.4 is 0 Å². The average molecular weight is 319 g/mol. The molecule has 0 radical (unpaired) electrons. The van der Waals surface area contributed by atoms with Crippen LogP contribution in [0.3, 0.4) is 0 Å². The lowest BCUT2D eigenvalue weighted by atomic mass is 9.79. The van der Waals surface area contributed by atoms with Gasteiger partial charge in [-0.05, 0) is 39.7 Å². The molecular weight excluding hydrogens is 294 g/mol. The van der Waals surface area contributed by atoms with Crippen molar-refractivity contribution in [3.05, 3.63) is 35.9 Å². The minimum Gasteiger partial charge on any atom is -0.464 e. The first-order valence-electron chi connectivity index (χ1n) is 8.00. The zero-order valence-corrected chi connectivity index (χ0v) is 14.3. The van der Waals surface area contributed by atoms with Gasteiger partial charge in [0.15, 0.2) is 0 Å². The molecule has 0 aromatic heterocycles. The molecule has 1 aliphatic heterocycles. The van der Waals surface area contributed by atoms with E-state index in [1.165, 1.54) is 4.90 Å². The van der Waals surface area contributed by atoms with E-state index in [2.05, 4.69) is 0 Å². The summed E-state index contributed by atoms with van der Waals surface area (Å²) in [5, 5.41) is 0. The van der Waals surface area contributed by atoms with Crippen molar-refractivity contribution in [3.63, 3.8) is 0 Å². The summed E-state index contributed by atoms with van der Waals surface area (Å²) < 4.78 is 10.7. The van der Waals surface area contributed by atoms with Gasteiger partial charge < -0.3 is 9.47 Å². The van der Waals surface area contributed by atoms with Crippen LogP contribution in [0.2, 0.25) is 0 Å². The monoisotopic (exact) mass is 319 g/mol. The van der Waals surface area contributed by atoms with Crippen molar-refractivity contribution in [2.45, 2.75) is 51.7 Å². The third kappa shape index (κ3) is 3.84. The van der Waals surface area contributed by atoms with Crippen molar-refractivity contribution >= 4 is 12.1 Å². The predicted octanol–water partition coefficient (Wildman–Crippen LogP) is 3.17. The highest BCUT2D eigenvalue weighted by molar-refractivity contribution is 5.88. The summed E-state index contributed by atoms with van der Waals surface area (Å²) in [7, 11) is 0. The van der Waals surface area contributed by atoms with Crippen LogP contribution in [0.4, 0.5) is 4.79 Å². The smallest absolute Gasteiger partial charge is 0.411 e. The first kappa shape index (κ1) is 17.3. The Kier molecular flexibility index (Phi) is 4.97. The van der Waals surface area contributed by atoms with Crippen LogP contribution >= 0.6 is 0 Å². The molecule has 1 fully saturated rings. The topological polar surface area (TPSA) is 55.8 Å². The van der Waals surface area contributed by atoms with Gasteiger partial charge in [-0.2, -0.15) is 0 Å². The largest absolute Gasteiger partial charge is 0.464 e. The Balaban J connectivity index is 2.24. The maximum atomic E-state index is 12.6. The normalized spacial score (nSPS) is 20.6. The fourth-order valence-electron chi connectivity index (χ4n) is 2.74. The third-order valence-electron chi connectivity index (χ3n) is 3.87. The van der Waals surface area contributed by atoms with Crippen molar-refractivity contribution in [2.75, 3.05) is 13.2 Å². The van der Waals surface area contributed by atoms with Gasteiger partial charge in [0.2, 0.25) is 0 Å². The van der Waals surface area contributed by atoms with Crippen LogP contribution in [0.1, 0.15) is 39.7 Å². The van der Waals surface area contributed by atoms with Gasteiger partial charge in [-0.3, -0.25) is 4.90 Å². The lowest BCUT2D eigenvalue weighted by Gasteiger charge is -2.50. The number of hydrogen-bond donors (Lipinski definition) is 0. The lowest BCUT2D eigenvalue weighted by Crippen LogP contribution is -2.68. The molecule has 1 aromatic carbocycles. The van der Waals surface area contributed by atoms with E-state index in [1.54, 1.807) is 6.92 Å². The zero-order chi connectivity index (χ0) is 17.1. The zero-order valence-electron chi connectivity index (χ0n) is 14.3. The summed E-state index contributed by atoms with van der Waals surface area (Å²) in [5.74, 6) is -0.360. The first-order chi connectivity index (χ1) is 10.8. The van der Waals surface area contributed by atoms with E-state index in [1.807, 2.05) is 51.1 Å². The highest BCUT2D eigenvalue weighted by Gasteiger charge is 2.55. The van der Waals surface area contributed by atoms with Gasteiger partial charge in [0.05, 0.1) is 6.61 Å². The standard InChI is InChI=1S/C18H25NO4/c1-5-22-15(20)18(13-14-9-7-6-8-10-14)11-12-19(18)16(21)23-17(2,3)4/h6-10H,5,11-13H2,1-4H3. The van der Waals surface area contributed by atoms with E-state index in [4.69, 9.17) is 9.47 Å². The molecule has 5 nitrogen and oxygen atoms in total. The highest BCUT2D eigenvalue weighted by Crippen LogP contribution is 2.36. The number of rotatable bonds is 4. The number of hydrogen-bond acceptors (Lipinski definition) is 4. The van der Waals surface area contributed by atoms with Crippen molar-refractivity contribution in [3.8, 4) is 0 Å². The first-order valence-corrected chi connectivity index (χ1v) is 8.00. The summed E-state index contributed by atoms with van der Waals surface area (Å²) >= 11 is 0. The molecule has 23 heavy (non-hydrogen) atoms. The second kappa shape index (κ2) is 6.60. The number of benzene rings is 1. The van der Waals surface area contributed by atoms with Gasteiger partial charge in [0.1, 0.15) is 11.1 Å². The molecule has 1 aromatic rings. The average Bonchev–Trinajstić information content (AvgIpc) is 2.42. The van der Waals surface area contributed by atoms with E-state index < -0.39 is 17.2 Å². The molecule has 0 saturated carbocycles. The Labute approximate surface area is 137 Å². The maximum Gasteiger partial charge on any atom is 0.411 e. The Bertz CT molecular complexity index is 564. The number of amides is 1. The molecular formula is C18H25NO4. The fraction of sp³-hybridized carbons (Fsp3) is 0.556. The number of carbonyl (C=O) groups is 2. The number of likely N-dealkylation sites (tertiary alicyclic amines) is 1. The second-order valence-corrected chi connectivity index (χ2v) is 6.80. The molecule has 0 spiro atoms. The molecule has 1 heterocycles. The molecule has 1 atom stereocenters. The molecule has 1 aliphatic rings. The Morgan fingerprint density at radius 3 is 2.35 bits per heavy atom. The van der Waals surface area contributed by atoms with E-state index in [0.717, 1.165) is 5.56 Å². The number of carbonyl (C=O) groups excluding carboxylic acids is 2. The second-order valence-electron chi connectivity index (χ2n) is 6.80. The number of nitrogens with zero attached hydrogens (tertiary/aromatic N) is 1. The van der Waals surface area contributed by atoms with Gasteiger partial charge in [-0.15, -0.1) is 0 Å². The van der Waals surface area contributed by atoms with Crippen LogP contribution in [0.15, 0.2) is 30.3 Å². The summed E-state index contributed by atoms with van der Waals surface area (Å²) in [6, 6.07) is 9.67. The molecule has 0 aliphatic carbocycles. The number of ether oxygens (including phenoxy) is 2. The SMILES string of the molecule is CCOC(=O)C1(Cc2ccccc2)CCN1C(=O)OC(C)(C)C. The van der Waals surface area contributed by atoms with Gasteiger partial charge in [0.25, 0.3) is 0 Å². The quantitative estimate of drug-likeness (QED) is 0.800. The maximum absolute atomic E-state index is 12.6. The fourth-order valence-corrected chi connectivity index (χ4v) is 2.74. The minimum absolute atomic E-state index is 0.289. The molecule has 1 saturated heterocycles. The van der Waals surface area contributed by atoms with Crippen molar-refractivity contribution in [2.24, 2.45) is 0 Å². The molecule has 0 bridgehead atoms. The van der Waals surface area contributed by atoms with Crippen molar-refractivity contribution < 1.29 is 19.1 Å². The Hall–Kier alpha value is -2.04. The minimum atomic E-state index is -0.959. The molecule has 1 unspecified atom stereocenters. The molecule has 5 heteroatoms. The van der Waals surface area contributed by atoms with Crippen LogP contribution in [-0.4, -0.2) is 41.3 Å². The van der Waals surface area contributed by atoms with Gasteiger partial charge in [-0.25, -0.2) is 9.59 Å². The van der Waals surface area contributed by atoms with Crippen LogP contribution in [0, 0.1) is 0 Å². The third-order valence-corrected chi connectivity index (χ3v) is 3.87. The van der Waals surface area contributed by atoms with Crippen molar-refractivity contribution in [1.29, 1.82) is 0 Å². The highest BCUT2D eigenvalue weighted by atomic mass is 16.6. The molecule has 0 N–H and O–H groups in total. The molecule has 126 valence electrons. The predicted molar refractivity (Wildman–Crippen MR) is 87.1 cm³/mol. The molecule has 1 amide bonds. The summed E-state index contributed by atoms with van der Waals surface area (Å²) in [4.78, 5) is 26.5. The van der Waals surface area contributed by atoms with E-state index in [-0.39, 0.29) is 12.6 Å². The van der Waals surface area contributed by atoms with Crippen molar-refractivity contribution in [1.82, 2.24) is 4.90 Å². The van der Waals surface area contributed by atoms with Gasteiger partial charge in [-0.1, -0.05) is 30.3 Å². The Morgan fingerprint density at radius 2 is 1.87 bits per heavy atom. The van der Waals surface area contributed by atoms with Gasteiger partial charge >= 0.3 is 12.1 Å². The lowest BCUT2D eigenvalue weighted by molar-refractivity contribution is -0.166. The Morgan fingerprint density at radius 1 is 1.22 bits per heavy atom. The van der Waals surface area contributed by atoms with Crippen LogP contribution in [-0.2, 0) is 20.7 Å². The summed E-state index contributed by atoms with van der Waals surface area (Å²) in [6.45, 7) is 8.00. The summed E-state index contributed by atoms with van der Waals surface area (Å²) in [6.07, 6.45) is 0.555. The van der Waals surface area contributed by atoms with Crippen LogP contribution in [0.5, 0.6) is 0 Å². The van der Waals surface area contributed by atoms with E-state index >= 15 is 0 Å². The van der Waals surface area contributed by atoms with E-state index in [9.17, 15) is 9.59 Å². The van der Waals surface area contributed by atoms with E-state index in [0.29, 0.717) is 19.4 Å². The molecule has 2 rings (SSSR count).